The number of anilines is 1. The number of thioether (sulfide) groups is 1. The first-order valence-corrected chi connectivity index (χ1v) is 10.8. The second-order valence-electron chi connectivity index (χ2n) is 7.35. The third-order valence-electron chi connectivity index (χ3n) is 4.81. The number of methoxy groups -OCH3 is 2. The van der Waals surface area contributed by atoms with Crippen molar-refractivity contribution >= 4 is 34.4 Å². The number of fused-ring (bicyclic) bond motifs is 1. The first-order valence-electron chi connectivity index (χ1n) is 9.80. The second-order valence-corrected chi connectivity index (χ2v) is 8.32. The summed E-state index contributed by atoms with van der Waals surface area (Å²) in [6, 6.07) is 5.05. The molecule has 0 atom stereocenters. The van der Waals surface area contributed by atoms with E-state index in [-0.39, 0.29) is 28.6 Å². The zero-order chi connectivity index (χ0) is 23.6. The average molecular weight is 460 g/mol. The van der Waals surface area contributed by atoms with Gasteiger partial charge >= 0.3 is 5.69 Å². The van der Waals surface area contributed by atoms with Gasteiger partial charge in [0.25, 0.3) is 5.56 Å². The molecule has 0 aliphatic rings. The predicted molar refractivity (Wildman–Crippen MR) is 123 cm³/mol. The molecule has 1 N–H and O–H groups in total. The Kier molecular flexibility index (Phi) is 6.87. The van der Waals surface area contributed by atoms with Crippen LogP contribution < -0.4 is 26.0 Å². The smallest absolute Gasteiger partial charge is 0.332 e. The van der Waals surface area contributed by atoms with E-state index in [0.717, 1.165) is 16.3 Å². The van der Waals surface area contributed by atoms with E-state index in [1.165, 1.54) is 25.8 Å². The van der Waals surface area contributed by atoms with Crippen molar-refractivity contribution in [1.29, 1.82) is 0 Å². The van der Waals surface area contributed by atoms with E-state index >= 15 is 0 Å². The van der Waals surface area contributed by atoms with Gasteiger partial charge in [-0.2, -0.15) is 0 Å². The Morgan fingerprint density at radius 1 is 1.09 bits per heavy atom. The molecule has 0 saturated heterocycles. The molecule has 0 fully saturated rings. The zero-order valence-electron chi connectivity index (χ0n) is 18.8. The molecule has 2 heterocycles. The number of hydrogen-bond acceptors (Lipinski definition) is 8. The molecule has 3 rings (SSSR count). The maximum absolute atomic E-state index is 12.8. The fourth-order valence-electron chi connectivity index (χ4n) is 3.05. The van der Waals surface area contributed by atoms with Gasteiger partial charge in [0.05, 0.1) is 20.0 Å². The van der Waals surface area contributed by atoms with Crippen LogP contribution in [-0.2, 0) is 18.9 Å². The summed E-state index contributed by atoms with van der Waals surface area (Å²) in [6.07, 6.45) is 0. The van der Waals surface area contributed by atoms with Crippen molar-refractivity contribution in [3.05, 3.63) is 44.9 Å². The zero-order valence-corrected chi connectivity index (χ0v) is 19.6. The Balaban J connectivity index is 1.92. The first kappa shape index (κ1) is 23.3. The molecule has 32 heavy (non-hydrogen) atoms. The van der Waals surface area contributed by atoms with Crippen LogP contribution in [0.3, 0.4) is 0 Å². The summed E-state index contributed by atoms with van der Waals surface area (Å²) in [7, 11) is 6.00. The van der Waals surface area contributed by atoms with Crippen LogP contribution in [0.5, 0.6) is 11.5 Å². The van der Waals surface area contributed by atoms with Crippen LogP contribution in [0.4, 0.5) is 5.69 Å². The summed E-state index contributed by atoms with van der Waals surface area (Å²) in [5, 5.41) is 3.36. The van der Waals surface area contributed by atoms with Gasteiger partial charge in [0.1, 0.15) is 16.2 Å². The molecule has 0 unspecified atom stereocenters. The molecule has 0 radical (unpaired) electrons. The van der Waals surface area contributed by atoms with Gasteiger partial charge in [-0.05, 0) is 12.1 Å². The number of nitrogens with zero attached hydrogens (tertiary/aromatic N) is 4. The van der Waals surface area contributed by atoms with E-state index in [1.807, 2.05) is 13.8 Å². The van der Waals surface area contributed by atoms with E-state index in [0.29, 0.717) is 28.0 Å². The van der Waals surface area contributed by atoms with Crippen LogP contribution in [0.15, 0.2) is 32.8 Å². The molecule has 0 aliphatic heterocycles. The molecule has 1 aromatic carbocycles. The van der Waals surface area contributed by atoms with Gasteiger partial charge in [-0.25, -0.2) is 14.8 Å². The number of aromatic nitrogens is 4. The van der Waals surface area contributed by atoms with Crippen LogP contribution in [0.2, 0.25) is 0 Å². The molecule has 0 aliphatic carbocycles. The molecule has 0 saturated carbocycles. The maximum Gasteiger partial charge on any atom is 0.332 e. The summed E-state index contributed by atoms with van der Waals surface area (Å²) < 4.78 is 12.8. The molecule has 0 spiro atoms. The fourth-order valence-corrected chi connectivity index (χ4v) is 3.87. The van der Waals surface area contributed by atoms with Crippen molar-refractivity contribution in [2.24, 2.45) is 14.1 Å². The maximum atomic E-state index is 12.8. The van der Waals surface area contributed by atoms with Crippen LogP contribution in [0.1, 0.15) is 25.6 Å². The SMILES string of the molecule is COc1ccc(NC(=O)CSc2nc(C(C)C)nc3c2c(=O)n(C)c(=O)n3C)cc1OC. The highest BCUT2D eigenvalue weighted by Crippen LogP contribution is 2.30. The summed E-state index contributed by atoms with van der Waals surface area (Å²) in [5.41, 5.74) is -0.180. The van der Waals surface area contributed by atoms with Crippen molar-refractivity contribution in [2.45, 2.75) is 24.8 Å². The highest BCUT2D eigenvalue weighted by Gasteiger charge is 2.19. The molecule has 0 bridgehead atoms. The summed E-state index contributed by atoms with van der Waals surface area (Å²) >= 11 is 1.12. The lowest BCUT2D eigenvalue weighted by Crippen LogP contribution is -2.38. The number of nitrogens with one attached hydrogen (secondary N) is 1. The minimum atomic E-state index is -0.499. The Labute approximate surface area is 188 Å². The Morgan fingerprint density at radius 2 is 1.78 bits per heavy atom. The Bertz CT molecular complexity index is 1300. The number of carbonyl (C=O) groups is 1. The monoisotopic (exact) mass is 459 g/mol. The molecular weight excluding hydrogens is 434 g/mol. The van der Waals surface area contributed by atoms with E-state index in [9.17, 15) is 14.4 Å². The molecular formula is C21H25N5O5S. The second kappa shape index (κ2) is 9.43. The van der Waals surface area contributed by atoms with Crippen LogP contribution in [-0.4, -0.2) is 45.0 Å². The summed E-state index contributed by atoms with van der Waals surface area (Å²) in [6.45, 7) is 3.83. The van der Waals surface area contributed by atoms with Gasteiger partial charge < -0.3 is 14.8 Å². The normalized spacial score (nSPS) is 11.1. The standard InChI is InChI=1S/C21H25N5O5S/c1-11(2)17-23-18-16(20(28)26(4)21(29)25(18)3)19(24-17)32-10-15(27)22-12-7-8-13(30-5)14(9-12)31-6/h7-9,11H,10H2,1-6H3,(H,22,27). The number of hydrogen-bond donors (Lipinski definition) is 1. The molecule has 10 nitrogen and oxygen atoms in total. The summed E-state index contributed by atoms with van der Waals surface area (Å²) in [4.78, 5) is 46.7. The number of rotatable bonds is 7. The van der Waals surface area contributed by atoms with Crippen LogP contribution in [0, 0.1) is 0 Å². The van der Waals surface area contributed by atoms with Gasteiger partial charge in [-0.3, -0.25) is 18.7 Å². The molecule has 1 amide bonds. The van der Waals surface area contributed by atoms with E-state index in [1.54, 1.807) is 25.2 Å². The highest BCUT2D eigenvalue weighted by atomic mass is 32.2. The van der Waals surface area contributed by atoms with E-state index < -0.39 is 11.2 Å². The minimum absolute atomic E-state index is 0.00396. The van der Waals surface area contributed by atoms with E-state index in [2.05, 4.69) is 15.3 Å². The molecule has 3 aromatic rings. The number of carbonyl (C=O) groups excluding carboxylic acids is 1. The summed E-state index contributed by atoms with van der Waals surface area (Å²) in [5.74, 6) is 1.22. The highest BCUT2D eigenvalue weighted by molar-refractivity contribution is 8.00. The average Bonchev–Trinajstić information content (AvgIpc) is 2.79. The number of amides is 1. The number of aryl methyl sites for hydroxylation is 1. The van der Waals surface area contributed by atoms with Gasteiger partial charge in [0.15, 0.2) is 17.1 Å². The lowest BCUT2D eigenvalue weighted by atomic mass is 10.2. The van der Waals surface area contributed by atoms with Crippen molar-refractivity contribution in [1.82, 2.24) is 19.1 Å². The van der Waals surface area contributed by atoms with Crippen molar-refractivity contribution in [3.8, 4) is 11.5 Å². The van der Waals surface area contributed by atoms with Crippen molar-refractivity contribution in [2.75, 3.05) is 25.3 Å². The Hall–Kier alpha value is -3.34. The largest absolute Gasteiger partial charge is 0.493 e. The number of benzene rings is 1. The number of ether oxygens (including phenoxy) is 2. The lowest BCUT2D eigenvalue weighted by molar-refractivity contribution is -0.113. The van der Waals surface area contributed by atoms with Gasteiger partial charge in [0.2, 0.25) is 5.91 Å². The predicted octanol–water partition coefficient (Wildman–Crippen LogP) is 1.90. The topological polar surface area (TPSA) is 117 Å². The van der Waals surface area contributed by atoms with Crippen LogP contribution in [0.25, 0.3) is 11.0 Å². The van der Waals surface area contributed by atoms with Crippen LogP contribution >= 0.6 is 11.8 Å². The fraction of sp³-hybridized carbons (Fsp3) is 0.381. The van der Waals surface area contributed by atoms with Gasteiger partial charge in [0, 0.05) is 31.8 Å². The Morgan fingerprint density at radius 3 is 2.41 bits per heavy atom. The van der Waals surface area contributed by atoms with Gasteiger partial charge in [-0.15, -0.1) is 0 Å². The lowest BCUT2D eigenvalue weighted by Gasteiger charge is -2.13. The van der Waals surface area contributed by atoms with E-state index in [4.69, 9.17) is 9.47 Å². The molecule has 170 valence electrons. The quantitative estimate of drug-likeness (QED) is 0.421. The minimum Gasteiger partial charge on any atom is -0.493 e. The first-order chi connectivity index (χ1) is 15.2. The molecule has 11 heteroatoms. The third-order valence-corrected chi connectivity index (χ3v) is 5.78. The van der Waals surface area contributed by atoms with Gasteiger partial charge in [-0.1, -0.05) is 25.6 Å². The van der Waals surface area contributed by atoms with Crippen molar-refractivity contribution < 1.29 is 14.3 Å². The third kappa shape index (κ3) is 4.47. The molecule has 2 aromatic heterocycles. The van der Waals surface area contributed by atoms with Crippen molar-refractivity contribution in [3.63, 3.8) is 0 Å².